The zero-order valence-corrected chi connectivity index (χ0v) is 12.9. The monoisotopic (exact) mass is 303 g/mol. The topological polar surface area (TPSA) is 55.1 Å². The standard InChI is InChI=1S/C18H17N5/c1-2-13-6-7-15-14(11-13)16(8-9-19-15)20-12-18-22-21-17-5-3-4-10-23(17)18/h3-11H,2,12H2,1H3,(H,19,20). The summed E-state index contributed by atoms with van der Waals surface area (Å²) in [4.78, 5) is 4.44. The van der Waals surface area contributed by atoms with Gasteiger partial charge < -0.3 is 5.32 Å². The van der Waals surface area contributed by atoms with Crippen molar-refractivity contribution in [3.8, 4) is 0 Å². The van der Waals surface area contributed by atoms with E-state index in [0.717, 1.165) is 34.5 Å². The molecule has 0 aliphatic rings. The smallest absolute Gasteiger partial charge is 0.160 e. The van der Waals surface area contributed by atoms with E-state index in [1.807, 2.05) is 41.1 Å². The zero-order chi connectivity index (χ0) is 15.6. The van der Waals surface area contributed by atoms with Crippen LogP contribution in [0.1, 0.15) is 18.3 Å². The van der Waals surface area contributed by atoms with E-state index in [-0.39, 0.29) is 0 Å². The minimum absolute atomic E-state index is 0.612. The van der Waals surface area contributed by atoms with Crippen molar-refractivity contribution < 1.29 is 0 Å². The Labute approximate surface area is 134 Å². The summed E-state index contributed by atoms with van der Waals surface area (Å²) >= 11 is 0. The fraction of sp³-hybridized carbons (Fsp3) is 0.167. The van der Waals surface area contributed by atoms with Crippen LogP contribution in [-0.4, -0.2) is 19.6 Å². The van der Waals surface area contributed by atoms with Crippen LogP contribution in [0.25, 0.3) is 16.6 Å². The molecule has 0 saturated carbocycles. The summed E-state index contributed by atoms with van der Waals surface area (Å²) in [7, 11) is 0. The molecular weight excluding hydrogens is 286 g/mol. The number of hydrogen-bond donors (Lipinski definition) is 1. The number of anilines is 1. The lowest BCUT2D eigenvalue weighted by molar-refractivity contribution is 0.918. The number of aromatic nitrogens is 4. The van der Waals surface area contributed by atoms with E-state index in [1.165, 1.54) is 5.56 Å². The highest BCUT2D eigenvalue weighted by atomic mass is 15.3. The molecule has 0 spiro atoms. The molecule has 5 nitrogen and oxygen atoms in total. The second kappa shape index (κ2) is 5.68. The van der Waals surface area contributed by atoms with Crippen molar-refractivity contribution in [3.63, 3.8) is 0 Å². The van der Waals surface area contributed by atoms with Crippen LogP contribution in [0.2, 0.25) is 0 Å². The van der Waals surface area contributed by atoms with Gasteiger partial charge in [0.1, 0.15) is 0 Å². The Hall–Kier alpha value is -2.95. The van der Waals surface area contributed by atoms with Crippen LogP contribution < -0.4 is 5.32 Å². The van der Waals surface area contributed by atoms with Gasteiger partial charge in [-0.1, -0.05) is 19.1 Å². The van der Waals surface area contributed by atoms with Crippen LogP contribution in [0.15, 0.2) is 54.9 Å². The van der Waals surface area contributed by atoms with Gasteiger partial charge in [0.15, 0.2) is 11.5 Å². The average molecular weight is 303 g/mol. The summed E-state index contributed by atoms with van der Waals surface area (Å²) in [6.45, 7) is 2.77. The van der Waals surface area contributed by atoms with Crippen molar-refractivity contribution in [2.75, 3.05) is 5.32 Å². The molecule has 1 aromatic carbocycles. The number of rotatable bonds is 4. The summed E-state index contributed by atoms with van der Waals surface area (Å²) < 4.78 is 1.99. The molecule has 0 radical (unpaired) electrons. The minimum Gasteiger partial charge on any atom is -0.377 e. The molecule has 0 atom stereocenters. The zero-order valence-electron chi connectivity index (χ0n) is 12.9. The predicted molar refractivity (Wildman–Crippen MR) is 91.4 cm³/mol. The number of benzene rings is 1. The number of fused-ring (bicyclic) bond motifs is 2. The van der Waals surface area contributed by atoms with Crippen LogP contribution in [0.3, 0.4) is 0 Å². The van der Waals surface area contributed by atoms with E-state index < -0.39 is 0 Å². The highest BCUT2D eigenvalue weighted by Crippen LogP contribution is 2.23. The van der Waals surface area contributed by atoms with E-state index >= 15 is 0 Å². The summed E-state index contributed by atoms with van der Waals surface area (Å²) in [5, 5.41) is 13.0. The van der Waals surface area contributed by atoms with E-state index in [1.54, 1.807) is 0 Å². The quantitative estimate of drug-likeness (QED) is 0.627. The Bertz CT molecular complexity index is 973. The molecule has 0 bridgehead atoms. The lowest BCUT2D eigenvalue weighted by Gasteiger charge is -2.09. The largest absolute Gasteiger partial charge is 0.377 e. The number of hydrogen-bond acceptors (Lipinski definition) is 4. The van der Waals surface area contributed by atoms with E-state index in [2.05, 4.69) is 45.6 Å². The summed E-state index contributed by atoms with van der Waals surface area (Å²) in [6, 6.07) is 14.3. The van der Waals surface area contributed by atoms with Crippen molar-refractivity contribution in [2.45, 2.75) is 19.9 Å². The Morgan fingerprint density at radius 1 is 1.09 bits per heavy atom. The second-order valence-electron chi connectivity index (χ2n) is 5.46. The molecule has 5 heteroatoms. The van der Waals surface area contributed by atoms with Gasteiger partial charge in [-0.25, -0.2) is 0 Å². The lowest BCUT2D eigenvalue weighted by Crippen LogP contribution is -2.04. The molecule has 0 saturated heterocycles. The Balaban J connectivity index is 1.67. The lowest BCUT2D eigenvalue weighted by atomic mass is 10.1. The molecule has 1 N–H and O–H groups in total. The Morgan fingerprint density at radius 2 is 2.04 bits per heavy atom. The number of aryl methyl sites for hydroxylation is 1. The van der Waals surface area contributed by atoms with Crippen molar-refractivity contribution >= 4 is 22.2 Å². The molecule has 0 unspecified atom stereocenters. The van der Waals surface area contributed by atoms with Crippen LogP contribution in [0.5, 0.6) is 0 Å². The first-order valence-corrected chi connectivity index (χ1v) is 7.75. The number of pyridine rings is 2. The first-order valence-electron chi connectivity index (χ1n) is 7.75. The summed E-state index contributed by atoms with van der Waals surface area (Å²) in [5.41, 5.74) is 4.23. The number of nitrogens with one attached hydrogen (secondary N) is 1. The van der Waals surface area contributed by atoms with Gasteiger partial charge in [0.05, 0.1) is 12.1 Å². The van der Waals surface area contributed by atoms with E-state index in [4.69, 9.17) is 0 Å². The highest BCUT2D eigenvalue weighted by molar-refractivity contribution is 5.91. The molecular formula is C18H17N5. The highest BCUT2D eigenvalue weighted by Gasteiger charge is 2.07. The Morgan fingerprint density at radius 3 is 2.96 bits per heavy atom. The molecule has 0 fully saturated rings. The fourth-order valence-electron chi connectivity index (χ4n) is 2.75. The molecule has 0 amide bonds. The molecule has 0 aliphatic heterocycles. The fourth-order valence-corrected chi connectivity index (χ4v) is 2.75. The first kappa shape index (κ1) is 13.7. The molecule has 114 valence electrons. The predicted octanol–water partition coefficient (Wildman–Crippen LogP) is 3.45. The maximum Gasteiger partial charge on any atom is 0.160 e. The summed E-state index contributed by atoms with van der Waals surface area (Å²) in [6.07, 6.45) is 4.82. The van der Waals surface area contributed by atoms with Gasteiger partial charge in [0.2, 0.25) is 0 Å². The average Bonchev–Trinajstić information content (AvgIpc) is 3.02. The van der Waals surface area contributed by atoms with Gasteiger partial charge in [-0.3, -0.25) is 9.38 Å². The van der Waals surface area contributed by atoms with Crippen LogP contribution in [0, 0.1) is 0 Å². The first-order chi connectivity index (χ1) is 11.3. The minimum atomic E-state index is 0.612. The Kier molecular flexibility index (Phi) is 3.38. The normalized spacial score (nSPS) is 11.2. The molecule has 23 heavy (non-hydrogen) atoms. The van der Waals surface area contributed by atoms with Gasteiger partial charge in [0.25, 0.3) is 0 Å². The maximum atomic E-state index is 4.44. The third-order valence-corrected chi connectivity index (χ3v) is 4.04. The molecule has 4 rings (SSSR count). The maximum absolute atomic E-state index is 4.44. The van der Waals surface area contributed by atoms with Crippen LogP contribution in [0.4, 0.5) is 5.69 Å². The van der Waals surface area contributed by atoms with Gasteiger partial charge in [-0.15, -0.1) is 10.2 Å². The van der Waals surface area contributed by atoms with Crippen LogP contribution in [-0.2, 0) is 13.0 Å². The molecule has 4 aromatic rings. The van der Waals surface area contributed by atoms with Crippen molar-refractivity contribution in [1.29, 1.82) is 0 Å². The molecule has 3 heterocycles. The third kappa shape index (κ3) is 2.50. The van der Waals surface area contributed by atoms with Gasteiger partial charge in [-0.05, 0) is 42.3 Å². The number of nitrogens with zero attached hydrogens (tertiary/aromatic N) is 4. The molecule has 3 aromatic heterocycles. The third-order valence-electron chi connectivity index (χ3n) is 4.04. The van der Waals surface area contributed by atoms with Crippen molar-refractivity contribution in [1.82, 2.24) is 19.6 Å². The SMILES string of the molecule is CCc1ccc2nccc(NCc3nnc4ccccn34)c2c1. The van der Waals surface area contributed by atoms with Crippen molar-refractivity contribution in [2.24, 2.45) is 0 Å². The van der Waals surface area contributed by atoms with Gasteiger partial charge in [0, 0.05) is 23.5 Å². The second-order valence-corrected chi connectivity index (χ2v) is 5.46. The molecule has 0 aliphatic carbocycles. The van der Waals surface area contributed by atoms with E-state index in [0.29, 0.717) is 6.54 Å². The van der Waals surface area contributed by atoms with Crippen LogP contribution >= 0.6 is 0 Å². The van der Waals surface area contributed by atoms with Crippen molar-refractivity contribution in [3.05, 3.63) is 66.2 Å². The van der Waals surface area contributed by atoms with Gasteiger partial charge >= 0.3 is 0 Å². The van der Waals surface area contributed by atoms with E-state index in [9.17, 15) is 0 Å². The van der Waals surface area contributed by atoms with Gasteiger partial charge in [-0.2, -0.15) is 0 Å². The summed E-state index contributed by atoms with van der Waals surface area (Å²) in [5.74, 6) is 0.886.